The smallest absolute Gasteiger partial charge is 0.0693 e. The Hall–Kier alpha value is -1.33. The van der Waals surface area contributed by atoms with Crippen molar-refractivity contribution in [3.8, 4) is 6.07 Å². The predicted molar refractivity (Wildman–Crippen MR) is 81.3 cm³/mol. The fourth-order valence-corrected chi connectivity index (χ4v) is 4.23. The molecule has 0 atom stereocenters. The van der Waals surface area contributed by atoms with E-state index in [-0.39, 0.29) is 5.41 Å². The van der Waals surface area contributed by atoms with Crippen molar-refractivity contribution in [1.82, 2.24) is 0 Å². The van der Waals surface area contributed by atoms with E-state index in [0.29, 0.717) is 0 Å². The van der Waals surface area contributed by atoms with Gasteiger partial charge >= 0.3 is 0 Å². The number of thiophene rings is 1. The zero-order chi connectivity index (χ0) is 13.1. The lowest BCUT2D eigenvalue weighted by atomic mass is 9.77. The molecule has 0 aliphatic heterocycles. The monoisotopic (exact) mass is 269 g/mol. The highest BCUT2D eigenvalue weighted by molar-refractivity contribution is 7.17. The Morgan fingerprint density at radius 1 is 1.11 bits per heavy atom. The molecule has 3 rings (SSSR count). The molecule has 1 fully saturated rings. The molecular weight excluding hydrogens is 250 g/mol. The number of nitrogens with zero attached hydrogens (tertiary/aromatic N) is 1. The SMILES string of the molecule is N#CC1(Cc2csc3ccccc23)CCCCCC1. The van der Waals surface area contributed by atoms with Crippen LogP contribution in [0.5, 0.6) is 0 Å². The summed E-state index contributed by atoms with van der Waals surface area (Å²) >= 11 is 1.81. The van der Waals surface area contributed by atoms with Gasteiger partial charge in [-0.2, -0.15) is 5.26 Å². The first-order valence-corrected chi connectivity index (χ1v) is 8.07. The molecule has 0 unspecified atom stereocenters. The Morgan fingerprint density at radius 3 is 2.58 bits per heavy atom. The second-order valence-electron chi connectivity index (χ2n) is 5.74. The van der Waals surface area contributed by atoms with E-state index < -0.39 is 0 Å². The summed E-state index contributed by atoms with van der Waals surface area (Å²) in [7, 11) is 0. The number of hydrogen-bond acceptors (Lipinski definition) is 2. The first-order valence-electron chi connectivity index (χ1n) is 7.19. The van der Waals surface area contributed by atoms with E-state index in [4.69, 9.17) is 0 Å². The van der Waals surface area contributed by atoms with Crippen LogP contribution in [0.1, 0.15) is 44.1 Å². The number of nitriles is 1. The van der Waals surface area contributed by atoms with E-state index in [1.54, 1.807) is 0 Å². The molecule has 19 heavy (non-hydrogen) atoms. The van der Waals surface area contributed by atoms with Crippen molar-refractivity contribution in [1.29, 1.82) is 5.26 Å². The fraction of sp³-hybridized carbons (Fsp3) is 0.471. The lowest BCUT2D eigenvalue weighted by Gasteiger charge is -2.24. The number of rotatable bonds is 2. The minimum absolute atomic E-state index is 0.111. The molecule has 98 valence electrons. The van der Waals surface area contributed by atoms with Crippen LogP contribution >= 0.6 is 11.3 Å². The molecule has 0 radical (unpaired) electrons. The van der Waals surface area contributed by atoms with Gasteiger partial charge in [0.25, 0.3) is 0 Å². The molecule has 1 aromatic heterocycles. The highest BCUT2D eigenvalue weighted by Gasteiger charge is 2.31. The molecule has 0 amide bonds. The van der Waals surface area contributed by atoms with Crippen molar-refractivity contribution >= 4 is 21.4 Å². The van der Waals surface area contributed by atoms with Crippen molar-refractivity contribution in [3.63, 3.8) is 0 Å². The van der Waals surface area contributed by atoms with Crippen LogP contribution in [-0.4, -0.2) is 0 Å². The van der Waals surface area contributed by atoms with Gasteiger partial charge in [0.15, 0.2) is 0 Å². The normalized spacial score (nSPS) is 18.9. The van der Waals surface area contributed by atoms with Crippen molar-refractivity contribution in [2.24, 2.45) is 5.41 Å². The first-order chi connectivity index (χ1) is 9.33. The molecule has 1 saturated carbocycles. The molecule has 1 aliphatic carbocycles. The summed E-state index contributed by atoms with van der Waals surface area (Å²) in [5.74, 6) is 0. The number of fused-ring (bicyclic) bond motifs is 1. The van der Waals surface area contributed by atoms with Gasteiger partial charge in [0, 0.05) is 4.70 Å². The van der Waals surface area contributed by atoms with Crippen LogP contribution < -0.4 is 0 Å². The van der Waals surface area contributed by atoms with Crippen molar-refractivity contribution in [3.05, 3.63) is 35.2 Å². The first kappa shape index (κ1) is 12.7. The summed E-state index contributed by atoms with van der Waals surface area (Å²) in [6.45, 7) is 0. The molecular formula is C17H19NS. The van der Waals surface area contributed by atoms with Gasteiger partial charge in [0.1, 0.15) is 0 Å². The summed E-state index contributed by atoms with van der Waals surface area (Å²) in [6, 6.07) is 11.2. The van der Waals surface area contributed by atoms with Crippen molar-refractivity contribution in [2.75, 3.05) is 0 Å². The summed E-state index contributed by atoms with van der Waals surface area (Å²) in [6.07, 6.45) is 8.13. The van der Waals surface area contributed by atoms with Gasteiger partial charge < -0.3 is 0 Å². The summed E-state index contributed by atoms with van der Waals surface area (Å²) < 4.78 is 1.35. The maximum absolute atomic E-state index is 9.69. The molecule has 1 aromatic carbocycles. The second-order valence-corrected chi connectivity index (χ2v) is 6.65. The molecule has 1 heterocycles. The molecule has 2 aromatic rings. The van der Waals surface area contributed by atoms with E-state index >= 15 is 0 Å². The average Bonchev–Trinajstić information content (AvgIpc) is 2.70. The van der Waals surface area contributed by atoms with E-state index in [1.807, 2.05) is 11.3 Å². The average molecular weight is 269 g/mol. The maximum Gasteiger partial charge on any atom is 0.0693 e. The highest BCUT2D eigenvalue weighted by atomic mass is 32.1. The summed E-state index contributed by atoms with van der Waals surface area (Å²) in [5.41, 5.74) is 1.27. The van der Waals surface area contributed by atoms with Crippen LogP contribution in [-0.2, 0) is 6.42 Å². The molecule has 0 bridgehead atoms. The zero-order valence-electron chi connectivity index (χ0n) is 11.2. The van der Waals surface area contributed by atoms with Gasteiger partial charge in [-0.25, -0.2) is 0 Å². The third kappa shape index (κ3) is 2.53. The Bertz CT molecular complexity index is 597. The van der Waals surface area contributed by atoms with Crippen LogP contribution in [0.25, 0.3) is 10.1 Å². The minimum atomic E-state index is -0.111. The molecule has 0 spiro atoms. The van der Waals surface area contributed by atoms with Gasteiger partial charge in [-0.3, -0.25) is 0 Å². The van der Waals surface area contributed by atoms with Gasteiger partial charge in [0.05, 0.1) is 11.5 Å². The third-order valence-electron chi connectivity index (χ3n) is 4.39. The van der Waals surface area contributed by atoms with Crippen molar-refractivity contribution < 1.29 is 0 Å². The Balaban J connectivity index is 1.92. The maximum atomic E-state index is 9.69. The quantitative estimate of drug-likeness (QED) is 0.678. The van der Waals surface area contributed by atoms with E-state index in [2.05, 4.69) is 35.7 Å². The third-order valence-corrected chi connectivity index (χ3v) is 5.40. The van der Waals surface area contributed by atoms with Gasteiger partial charge in [-0.1, -0.05) is 43.9 Å². The van der Waals surface area contributed by atoms with Crippen LogP contribution in [0.4, 0.5) is 0 Å². The topological polar surface area (TPSA) is 23.8 Å². The van der Waals surface area contributed by atoms with Crippen LogP contribution in [0.2, 0.25) is 0 Å². The number of hydrogen-bond donors (Lipinski definition) is 0. The molecule has 0 N–H and O–H groups in total. The second kappa shape index (κ2) is 5.35. The standard InChI is InChI=1S/C17H19NS/c18-13-17(9-5-1-2-6-10-17)11-14-12-19-16-8-4-3-7-15(14)16/h3-4,7-8,12H,1-2,5-6,9-11H2. The lowest BCUT2D eigenvalue weighted by molar-refractivity contribution is 0.340. The molecule has 1 aliphatic rings. The van der Waals surface area contributed by atoms with E-state index in [9.17, 15) is 5.26 Å². The van der Waals surface area contributed by atoms with Gasteiger partial charge in [0.2, 0.25) is 0 Å². The summed E-state index contributed by atoms with van der Waals surface area (Å²) in [4.78, 5) is 0. The highest BCUT2D eigenvalue weighted by Crippen LogP contribution is 2.40. The Labute approximate surface area is 118 Å². The fourth-order valence-electron chi connectivity index (χ4n) is 3.27. The molecule has 0 saturated heterocycles. The van der Waals surface area contributed by atoms with Crippen LogP contribution in [0.3, 0.4) is 0 Å². The molecule has 1 nitrogen and oxygen atoms in total. The lowest BCUT2D eigenvalue weighted by Crippen LogP contribution is -2.20. The van der Waals surface area contributed by atoms with E-state index in [1.165, 1.54) is 41.3 Å². The van der Waals surface area contributed by atoms with Crippen LogP contribution in [0, 0.1) is 16.7 Å². The van der Waals surface area contributed by atoms with Gasteiger partial charge in [-0.05, 0) is 41.7 Å². The van der Waals surface area contributed by atoms with E-state index in [0.717, 1.165) is 19.3 Å². The molecule has 2 heteroatoms. The predicted octanol–water partition coefficient (Wildman–Crippen LogP) is 5.31. The van der Waals surface area contributed by atoms with Crippen LogP contribution in [0.15, 0.2) is 29.6 Å². The Kier molecular flexibility index (Phi) is 3.57. The minimum Gasteiger partial charge on any atom is -0.198 e. The van der Waals surface area contributed by atoms with Gasteiger partial charge in [-0.15, -0.1) is 11.3 Å². The largest absolute Gasteiger partial charge is 0.198 e. The zero-order valence-corrected chi connectivity index (χ0v) is 12.0. The summed E-state index contributed by atoms with van der Waals surface area (Å²) in [5, 5.41) is 13.3. The Morgan fingerprint density at radius 2 is 1.84 bits per heavy atom. The number of benzene rings is 1. The van der Waals surface area contributed by atoms with Crippen molar-refractivity contribution in [2.45, 2.75) is 44.9 Å².